The number of carbonyl (C=O) groups excluding carboxylic acids is 2. The molecule has 0 saturated heterocycles. The Morgan fingerprint density at radius 1 is 1.04 bits per heavy atom. The molecule has 0 aliphatic heterocycles. The highest BCUT2D eigenvalue weighted by Crippen LogP contribution is 2.28. The summed E-state index contributed by atoms with van der Waals surface area (Å²) in [5, 5.41) is 0. The number of aromatic nitrogens is 2. The first-order chi connectivity index (χ1) is 12.4. The van der Waals surface area contributed by atoms with Gasteiger partial charge in [-0.2, -0.15) is 0 Å². The summed E-state index contributed by atoms with van der Waals surface area (Å²) >= 11 is 0. The monoisotopic (exact) mass is 360 g/mol. The lowest BCUT2D eigenvalue weighted by Gasteiger charge is -2.12. The maximum Gasteiger partial charge on any atom is 0.343 e. The minimum atomic E-state index is -0.522. The van der Waals surface area contributed by atoms with Gasteiger partial charge in [-0.1, -0.05) is 0 Å². The molecular weight excluding hydrogens is 340 g/mol. The van der Waals surface area contributed by atoms with Crippen LogP contribution in [0.2, 0.25) is 0 Å². The van der Waals surface area contributed by atoms with Crippen molar-refractivity contribution in [2.24, 2.45) is 0 Å². The van der Waals surface area contributed by atoms with Crippen molar-refractivity contribution in [1.82, 2.24) is 15.4 Å². The summed E-state index contributed by atoms with van der Waals surface area (Å²) < 4.78 is 15.0. The number of hydrogen-bond acceptors (Lipinski definition) is 8. The molecule has 0 aliphatic carbocycles. The van der Waals surface area contributed by atoms with E-state index in [1.54, 1.807) is 0 Å². The highest BCUT2D eigenvalue weighted by atomic mass is 16.6. The number of carbonyl (C=O) groups is 2. The number of nitrogens with zero attached hydrogens (tertiary/aromatic N) is 2. The number of ether oxygens (including phenoxy) is 3. The molecule has 2 rings (SSSR count). The molecule has 0 spiro atoms. The fourth-order valence-corrected chi connectivity index (χ4v) is 2.09. The van der Waals surface area contributed by atoms with Crippen molar-refractivity contribution in [2.75, 3.05) is 26.3 Å². The standard InChI is InChI=1S/C17H20N4O5/c1-10-7-11(2)19-17(18-10)21-20-16(23)12-5-6-13(14(8-12)24-3)26-9-15(22)25-4/h5-8H,9H2,1-4H3,(H,20,23)(H,18,19,21). The van der Waals surface area contributed by atoms with E-state index in [2.05, 4.69) is 25.6 Å². The van der Waals surface area contributed by atoms with E-state index in [0.717, 1.165) is 11.4 Å². The van der Waals surface area contributed by atoms with Crippen LogP contribution in [0, 0.1) is 13.8 Å². The molecule has 1 aromatic heterocycles. The van der Waals surface area contributed by atoms with Crippen molar-refractivity contribution < 1.29 is 23.8 Å². The Hall–Kier alpha value is -3.36. The fourth-order valence-electron chi connectivity index (χ4n) is 2.09. The molecule has 0 atom stereocenters. The number of methoxy groups -OCH3 is 2. The molecule has 9 heteroatoms. The van der Waals surface area contributed by atoms with Crippen LogP contribution in [0.3, 0.4) is 0 Å². The van der Waals surface area contributed by atoms with Crippen LogP contribution in [0.4, 0.5) is 5.95 Å². The summed E-state index contributed by atoms with van der Waals surface area (Å²) in [7, 11) is 2.70. The molecule has 0 unspecified atom stereocenters. The van der Waals surface area contributed by atoms with E-state index in [1.807, 2.05) is 19.9 Å². The molecule has 2 aromatic rings. The second kappa shape index (κ2) is 8.65. The number of rotatable bonds is 7. The van der Waals surface area contributed by atoms with Gasteiger partial charge in [-0.05, 0) is 38.1 Å². The highest BCUT2D eigenvalue weighted by molar-refractivity contribution is 5.95. The summed E-state index contributed by atoms with van der Waals surface area (Å²) in [4.78, 5) is 31.8. The lowest BCUT2D eigenvalue weighted by molar-refractivity contribution is -0.142. The number of amides is 1. The zero-order valence-electron chi connectivity index (χ0n) is 15.0. The summed E-state index contributed by atoms with van der Waals surface area (Å²) in [5.74, 6) is -0.0119. The summed E-state index contributed by atoms with van der Waals surface area (Å²) in [6, 6.07) is 6.38. The van der Waals surface area contributed by atoms with Gasteiger partial charge in [-0.15, -0.1) is 0 Å². The maximum absolute atomic E-state index is 12.3. The Morgan fingerprint density at radius 3 is 2.35 bits per heavy atom. The first kappa shape index (κ1) is 19.0. The average molecular weight is 360 g/mol. The van der Waals surface area contributed by atoms with Gasteiger partial charge in [-0.3, -0.25) is 15.6 Å². The molecule has 0 saturated carbocycles. The fraction of sp³-hybridized carbons (Fsp3) is 0.294. The highest BCUT2D eigenvalue weighted by Gasteiger charge is 2.13. The van der Waals surface area contributed by atoms with Crippen molar-refractivity contribution in [3.05, 3.63) is 41.2 Å². The van der Waals surface area contributed by atoms with E-state index in [4.69, 9.17) is 9.47 Å². The second-order valence-electron chi connectivity index (χ2n) is 5.28. The van der Waals surface area contributed by atoms with Crippen molar-refractivity contribution in [2.45, 2.75) is 13.8 Å². The van der Waals surface area contributed by atoms with E-state index in [9.17, 15) is 9.59 Å². The van der Waals surface area contributed by atoms with Crippen molar-refractivity contribution >= 4 is 17.8 Å². The summed E-state index contributed by atoms with van der Waals surface area (Å²) in [6.45, 7) is 3.41. The number of esters is 1. The molecule has 2 N–H and O–H groups in total. The topological polar surface area (TPSA) is 112 Å². The van der Waals surface area contributed by atoms with Gasteiger partial charge in [0.2, 0.25) is 5.95 Å². The van der Waals surface area contributed by atoms with Crippen molar-refractivity contribution in [3.63, 3.8) is 0 Å². The first-order valence-corrected chi connectivity index (χ1v) is 7.69. The third kappa shape index (κ3) is 5.07. The van der Waals surface area contributed by atoms with Crippen LogP contribution in [0.1, 0.15) is 21.7 Å². The largest absolute Gasteiger partial charge is 0.493 e. The average Bonchev–Trinajstić information content (AvgIpc) is 2.63. The second-order valence-corrected chi connectivity index (χ2v) is 5.28. The first-order valence-electron chi connectivity index (χ1n) is 7.69. The minimum Gasteiger partial charge on any atom is -0.493 e. The zero-order valence-corrected chi connectivity index (χ0v) is 15.0. The molecule has 1 amide bonds. The molecular formula is C17H20N4O5. The minimum absolute atomic E-state index is 0.260. The maximum atomic E-state index is 12.3. The number of hydrazine groups is 1. The van der Waals surface area contributed by atoms with E-state index in [-0.39, 0.29) is 6.61 Å². The Bertz CT molecular complexity index is 789. The SMILES string of the molecule is COC(=O)COc1ccc(C(=O)NNc2nc(C)cc(C)n2)cc1OC. The summed E-state index contributed by atoms with van der Waals surface area (Å²) in [5.41, 5.74) is 7.07. The Balaban J connectivity index is 2.05. The van der Waals surface area contributed by atoms with Crippen molar-refractivity contribution in [1.29, 1.82) is 0 Å². The molecule has 26 heavy (non-hydrogen) atoms. The number of benzene rings is 1. The van der Waals surface area contributed by atoms with Crippen LogP contribution in [0.15, 0.2) is 24.3 Å². The third-order valence-electron chi connectivity index (χ3n) is 3.27. The van der Waals surface area contributed by atoms with Gasteiger partial charge in [0.05, 0.1) is 14.2 Å². The zero-order chi connectivity index (χ0) is 19.1. The summed E-state index contributed by atoms with van der Waals surface area (Å²) in [6.07, 6.45) is 0. The van der Waals surface area contributed by atoms with Crippen LogP contribution in [-0.4, -0.2) is 42.7 Å². The van der Waals surface area contributed by atoms with Crippen LogP contribution in [0.25, 0.3) is 0 Å². The van der Waals surface area contributed by atoms with Gasteiger partial charge in [0.25, 0.3) is 5.91 Å². The lowest BCUT2D eigenvalue weighted by Crippen LogP contribution is -2.30. The van der Waals surface area contributed by atoms with Gasteiger partial charge in [-0.25, -0.2) is 14.8 Å². The van der Waals surface area contributed by atoms with E-state index in [1.165, 1.54) is 32.4 Å². The molecule has 1 heterocycles. The molecule has 9 nitrogen and oxygen atoms in total. The van der Waals surface area contributed by atoms with Crippen LogP contribution >= 0.6 is 0 Å². The number of anilines is 1. The van der Waals surface area contributed by atoms with E-state index >= 15 is 0 Å². The predicted molar refractivity (Wildman–Crippen MR) is 93.1 cm³/mol. The molecule has 0 radical (unpaired) electrons. The van der Waals surface area contributed by atoms with Gasteiger partial charge in [0, 0.05) is 17.0 Å². The van der Waals surface area contributed by atoms with Crippen LogP contribution in [0.5, 0.6) is 11.5 Å². The smallest absolute Gasteiger partial charge is 0.343 e. The quantitative estimate of drug-likeness (QED) is 0.563. The molecule has 0 aliphatic rings. The number of aryl methyl sites for hydroxylation is 2. The molecule has 0 bridgehead atoms. The Labute approximate surface area is 150 Å². The molecule has 1 aromatic carbocycles. The number of nitrogens with one attached hydrogen (secondary N) is 2. The van der Waals surface area contributed by atoms with Gasteiger partial charge < -0.3 is 14.2 Å². The number of hydrogen-bond donors (Lipinski definition) is 2. The Kier molecular flexibility index (Phi) is 6.31. The van der Waals surface area contributed by atoms with E-state index < -0.39 is 11.9 Å². The van der Waals surface area contributed by atoms with Gasteiger partial charge in [0.15, 0.2) is 18.1 Å². The van der Waals surface area contributed by atoms with Crippen LogP contribution < -0.4 is 20.3 Å². The van der Waals surface area contributed by atoms with E-state index in [0.29, 0.717) is 23.0 Å². The predicted octanol–water partition coefficient (Wildman–Crippen LogP) is 1.41. The van der Waals surface area contributed by atoms with Crippen molar-refractivity contribution in [3.8, 4) is 11.5 Å². The lowest BCUT2D eigenvalue weighted by atomic mass is 10.2. The van der Waals surface area contributed by atoms with Gasteiger partial charge in [0.1, 0.15) is 0 Å². The van der Waals surface area contributed by atoms with Gasteiger partial charge >= 0.3 is 5.97 Å². The normalized spacial score (nSPS) is 10.0. The van der Waals surface area contributed by atoms with Crippen LogP contribution in [-0.2, 0) is 9.53 Å². The third-order valence-corrected chi connectivity index (χ3v) is 3.27. The molecule has 0 fully saturated rings. The molecule has 138 valence electrons. The Morgan fingerprint density at radius 2 is 1.73 bits per heavy atom.